The molecule has 4 heteroatoms. The molecule has 94 valence electrons. The van der Waals surface area contributed by atoms with Gasteiger partial charge in [-0.15, -0.1) is 5.23 Å². The first-order valence-corrected chi connectivity index (χ1v) is 5.83. The predicted octanol–water partition coefficient (Wildman–Crippen LogP) is 3.43. The molecule has 0 aliphatic carbocycles. The standard InChI is InChI=1S/C14H16N2O2/c1-2-15(12-6-4-3-5-7-12)13-8-10-14(11-9-13)16(17)18/h3-11,17-18H,2H2,1H3. The van der Waals surface area contributed by atoms with E-state index in [4.69, 9.17) is 10.4 Å². The number of hydrogen-bond acceptors (Lipinski definition) is 4. The Morgan fingerprint density at radius 3 is 1.78 bits per heavy atom. The molecule has 0 unspecified atom stereocenters. The van der Waals surface area contributed by atoms with Crippen molar-refractivity contribution in [2.45, 2.75) is 6.92 Å². The van der Waals surface area contributed by atoms with Crippen molar-refractivity contribution in [1.29, 1.82) is 0 Å². The summed E-state index contributed by atoms with van der Waals surface area (Å²) in [5.41, 5.74) is 2.45. The number of rotatable bonds is 4. The van der Waals surface area contributed by atoms with Crippen molar-refractivity contribution >= 4 is 17.1 Å². The zero-order valence-electron chi connectivity index (χ0n) is 10.2. The van der Waals surface area contributed by atoms with Crippen LogP contribution in [0.15, 0.2) is 54.6 Å². The molecule has 0 aliphatic heterocycles. The number of hydrogen-bond donors (Lipinski definition) is 2. The minimum Gasteiger partial charge on any atom is -0.342 e. The normalized spacial score (nSPS) is 10.2. The largest absolute Gasteiger partial charge is 0.342 e. The lowest BCUT2D eigenvalue weighted by molar-refractivity contribution is 0.0292. The van der Waals surface area contributed by atoms with Crippen LogP contribution in [0.4, 0.5) is 17.1 Å². The Morgan fingerprint density at radius 1 is 0.778 bits per heavy atom. The average molecular weight is 244 g/mol. The fourth-order valence-corrected chi connectivity index (χ4v) is 1.89. The van der Waals surface area contributed by atoms with Crippen LogP contribution in [0.2, 0.25) is 0 Å². The SMILES string of the molecule is CCN(c1ccccc1)c1ccc(N(O)O)cc1. The molecular weight excluding hydrogens is 228 g/mol. The molecule has 0 amide bonds. The summed E-state index contributed by atoms with van der Waals surface area (Å²) >= 11 is 0. The van der Waals surface area contributed by atoms with Crippen LogP contribution in [0.1, 0.15) is 6.92 Å². The van der Waals surface area contributed by atoms with Crippen LogP contribution in [-0.4, -0.2) is 17.0 Å². The third kappa shape index (κ3) is 2.61. The van der Waals surface area contributed by atoms with Gasteiger partial charge in [0.2, 0.25) is 0 Å². The first-order chi connectivity index (χ1) is 8.72. The van der Waals surface area contributed by atoms with Crippen molar-refractivity contribution in [3.63, 3.8) is 0 Å². The molecule has 2 N–H and O–H groups in total. The van der Waals surface area contributed by atoms with Crippen molar-refractivity contribution in [1.82, 2.24) is 0 Å². The lowest BCUT2D eigenvalue weighted by atomic mass is 10.2. The van der Waals surface area contributed by atoms with Crippen LogP contribution in [0.25, 0.3) is 0 Å². The lowest BCUT2D eigenvalue weighted by Crippen LogP contribution is -2.16. The fourth-order valence-electron chi connectivity index (χ4n) is 1.89. The van der Waals surface area contributed by atoms with Crippen LogP contribution in [-0.2, 0) is 0 Å². The predicted molar refractivity (Wildman–Crippen MR) is 71.6 cm³/mol. The van der Waals surface area contributed by atoms with E-state index >= 15 is 0 Å². The molecule has 4 nitrogen and oxygen atoms in total. The highest BCUT2D eigenvalue weighted by molar-refractivity contribution is 5.65. The molecule has 0 aliphatic rings. The van der Waals surface area contributed by atoms with Crippen LogP contribution >= 0.6 is 0 Å². The van der Waals surface area contributed by atoms with Crippen molar-refractivity contribution in [2.75, 3.05) is 16.7 Å². The molecule has 2 rings (SSSR count). The highest BCUT2D eigenvalue weighted by Crippen LogP contribution is 2.26. The molecule has 0 saturated carbocycles. The number of para-hydroxylation sites is 1. The third-order valence-corrected chi connectivity index (χ3v) is 2.78. The van der Waals surface area contributed by atoms with Gasteiger partial charge in [-0.05, 0) is 43.3 Å². The Labute approximate surface area is 106 Å². The second kappa shape index (κ2) is 5.53. The van der Waals surface area contributed by atoms with Gasteiger partial charge in [0.15, 0.2) is 0 Å². The van der Waals surface area contributed by atoms with Gasteiger partial charge < -0.3 is 4.90 Å². The van der Waals surface area contributed by atoms with Gasteiger partial charge in [-0.3, -0.25) is 10.4 Å². The first-order valence-electron chi connectivity index (χ1n) is 5.83. The molecule has 18 heavy (non-hydrogen) atoms. The van der Waals surface area contributed by atoms with Gasteiger partial charge in [0.1, 0.15) is 0 Å². The maximum atomic E-state index is 8.90. The first kappa shape index (κ1) is 12.4. The zero-order chi connectivity index (χ0) is 13.0. The minimum atomic E-state index is 0.114. The van der Waals surface area contributed by atoms with E-state index in [1.807, 2.05) is 42.5 Å². The summed E-state index contributed by atoms with van der Waals surface area (Å²) < 4.78 is 0. The van der Waals surface area contributed by atoms with Gasteiger partial charge in [0.05, 0.1) is 5.69 Å². The zero-order valence-corrected chi connectivity index (χ0v) is 10.2. The summed E-state index contributed by atoms with van der Waals surface area (Å²) in [4.78, 5) is 2.14. The molecule has 2 aromatic carbocycles. The summed E-state index contributed by atoms with van der Waals surface area (Å²) in [5, 5.41) is 17.9. The molecule has 0 fully saturated rings. The summed E-state index contributed by atoms with van der Waals surface area (Å²) in [6.07, 6.45) is 0. The second-order valence-corrected chi connectivity index (χ2v) is 3.89. The summed E-state index contributed by atoms with van der Waals surface area (Å²) in [7, 11) is 0. The fraction of sp³-hybridized carbons (Fsp3) is 0.143. The van der Waals surface area contributed by atoms with Gasteiger partial charge in [0, 0.05) is 17.9 Å². The maximum absolute atomic E-state index is 8.90. The Bertz CT molecular complexity index is 483. The molecule has 0 bridgehead atoms. The third-order valence-electron chi connectivity index (χ3n) is 2.78. The number of benzene rings is 2. The van der Waals surface area contributed by atoms with E-state index in [0.29, 0.717) is 5.69 Å². The minimum absolute atomic E-state index is 0.114. The molecular formula is C14H16N2O2. The molecule has 0 spiro atoms. The van der Waals surface area contributed by atoms with E-state index in [2.05, 4.69) is 11.8 Å². The quantitative estimate of drug-likeness (QED) is 0.809. The van der Waals surface area contributed by atoms with Crippen LogP contribution in [0.3, 0.4) is 0 Å². The Hall–Kier alpha value is -2.04. The van der Waals surface area contributed by atoms with E-state index in [9.17, 15) is 0 Å². The van der Waals surface area contributed by atoms with Gasteiger partial charge in [0.25, 0.3) is 0 Å². The molecule has 0 aromatic heterocycles. The Kier molecular flexibility index (Phi) is 3.82. The Balaban J connectivity index is 2.28. The summed E-state index contributed by atoms with van der Waals surface area (Å²) in [5.74, 6) is 0. The molecule has 0 atom stereocenters. The Morgan fingerprint density at radius 2 is 1.28 bits per heavy atom. The van der Waals surface area contributed by atoms with E-state index < -0.39 is 0 Å². The monoisotopic (exact) mass is 244 g/mol. The topological polar surface area (TPSA) is 46.9 Å². The molecule has 0 heterocycles. The van der Waals surface area contributed by atoms with E-state index in [1.54, 1.807) is 12.1 Å². The molecule has 0 radical (unpaired) electrons. The number of anilines is 3. The van der Waals surface area contributed by atoms with Gasteiger partial charge in [-0.2, -0.15) is 0 Å². The van der Waals surface area contributed by atoms with Gasteiger partial charge >= 0.3 is 0 Å². The average Bonchev–Trinajstić information content (AvgIpc) is 2.41. The highest BCUT2D eigenvalue weighted by atomic mass is 16.8. The second-order valence-electron chi connectivity index (χ2n) is 3.89. The van der Waals surface area contributed by atoms with E-state index in [0.717, 1.165) is 17.9 Å². The van der Waals surface area contributed by atoms with Crippen molar-refractivity contribution < 1.29 is 10.4 Å². The van der Waals surface area contributed by atoms with Crippen molar-refractivity contribution in [2.24, 2.45) is 0 Å². The molecule has 2 aromatic rings. The van der Waals surface area contributed by atoms with Crippen LogP contribution < -0.4 is 10.1 Å². The van der Waals surface area contributed by atoms with Crippen LogP contribution in [0.5, 0.6) is 0 Å². The number of nitrogens with zero attached hydrogens (tertiary/aromatic N) is 2. The van der Waals surface area contributed by atoms with E-state index in [1.165, 1.54) is 0 Å². The summed E-state index contributed by atoms with van der Waals surface area (Å²) in [6.45, 7) is 2.91. The highest BCUT2D eigenvalue weighted by Gasteiger charge is 2.07. The van der Waals surface area contributed by atoms with Gasteiger partial charge in [-0.25, -0.2) is 0 Å². The summed E-state index contributed by atoms with van der Waals surface area (Å²) in [6, 6.07) is 17.1. The van der Waals surface area contributed by atoms with Gasteiger partial charge in [-0.1, -0.05) is 18.2 Å². The maximum Gasteiger partial charge on any atom is 0.0944 e. The smallest absolute Gasteiger partial charge is 0.0944 e. The van der Waals surface area contributed by atoms with Crippen molar-refractivity contribution in [3.8, 4) is 0 Å². The van der Waals surface area contributed by atoms with Crippen molar-refractivity contribution in [3.05, 3.63) is 54.6 Å². The van der Waals surface area contributed by atoms with E-state index in [-0.39, 0.29) is 5.23 Å². The van der Waals surface area contributed by atoms with Crippen LogP contribution in [0, 0.1) is 0 Å². The molecule has 0 saturated heterocycles. The lowest BCUT2D eigenvalue weighted by Gasteiger charge is -2.23.